The predicted octanol–water partition coefficient (Wildman–Crippen LogP) is 4.83. The highest BCUT2D eigenvalue weighted by Crippen LogP contribution is 2.25. The summed E-state index contributed by atoms with van der Waals surface area (Å²) in [7, 11) is 0. The second-order valence-electron chi connectivity index (χ2n) is 5.69. The molecule has 0 saturated heterocycles. The van der Waals surface area contributed by atoms with Crippen molar-refractivity contribution >= 4 is 40.1 Å². The fourth-order valence-corrected chi connectivity index (χ4v) is 2.83. The molecule has 128 valence electrons. The molecular weight excluding hydrogens is 354 g/mol. The van der Waals surface area contributed by atoms with Crippen molar-refractivity contribution in [1.29, 1.82) is 5.26 Å². The lowest BCUT2D eigenvalue weighted by atomic mass is 10.0. The van der Waals surface area contributed by atoms with Crippen LogP contribution in [0.4, 0.5) is 5.69 Å². The van der Waals surface area contributed by atoms with Gasteiger partial charge in [0.25, 0.3) is 5.69 Å². The van der Waals surface area contributed by atoms with Gasteiger partial charge in [-0.1, -0.05) is 29.8 Å². The third-order valence-electron chi connectivity index (χ3n) is 3.99. The molecule has 7 heteroatoms. The summed E-state index contributed by atoms with van der Waals surface area (Å²) in [4.78, 5) is 26.3. The molecular formula is C19H12ClN3O3. The maximum absolute atomic E-state index is 12.7. The highest BCUT2D eigenvalue weighted by Gasteiger charge is 2.18. The molecule has 3 rings (SSSR count). The summed E-state index contributed by atoms with van der Waals surface area (Å²) in [6.07, 6.45) is 2.87. The van der Waals surface area contributed by atoms with Gasteiger partial charge in [-0.2, -0.15) is 5.26 Å². The van der Waals surface area contributed by atoms with Gasteiger partial charge in [0.1, 0.15) is 11.6 Å². The summed E-state index contributed by atoms with van der Waals surface area (Å²) in [6.45, 7) is 1.62. The van der Waals surface area contributed by atoms with Crippen LogP contribution in [0, 0.1) is 28.4 Å². The Kier molecular flexibility index (Phi) is 4.57. The minimum Gasteiger partial charge on any atom is -0.360 e. The Balaban J connectivity index is 2.04. The Labute approximate surface area is 153 Å². The van der Waals surface area contributed by atoms with Crippen LogP contribution in [0.1, 0.15) is 21.5 Å². The Bertz CT molecular complexity index is 1120. The Morgan fingerprint density at radius 3 is 2.77 bits per heavy atom. The van der Waals surface area contributed by atoms with Crippen molar-refractivity contribution in [3.05, 3.63) is 80.0 Å². The average Bonchev–Trinajstić information content (AvgIpc) is 3.03. The van der Waals surface area contributed by atoms with E-state index in [1.165, 1.54) is 18.3 Å². The van der Waals surface area contributed by atoms with Crippen LogP contribution in [0.5, 0.6) is 0 Å². The van der Waals surface area contributed by atoms with Gasteiger partial charge in [-0.25, -0.2) is 0 Å². The molecule has 0 aliphatic rings. The van der Waals surface area contributed by atoms with E-state index in [2.05, 4.69) is 4.98 Å². The smallest absolute Gasteiger partial charge is 0.272 e. The van der Waals surface area contributed by atoms with Crippen LogP contribution in [0.3, 0.4) is 0 Å². The zero-order valence-electron chi connectivity index (χ0n) is 13.6. The number of halogens is 1. The predicted molar refractivity (Wildman–Crippen MR) is 99.1 cm³/mol. The topological polar surface area (TPSA) is 99.8 Å². The van der Waals surface area contributed by atoms with Crippen molar-refractivity contribution in [1.82, 2.24) is 4.98 Å². The van der Waals surface area contributed by atoms with E-state index in [1.54, 1.807) is 37.3 Å². The van der Waals surface area contributed by atoms with Crippen molar-refractivity contribution < 1.29 is 9.72 Å². The Morgan fingerprint density at radius 1 is 1.31 bits per heavy atom. The fraction of sp³-hybridized carbons (Fsp3) is 0.0526. The van der Waals surface area contributed by atoms with Crippen LogP contribution >= 0.6 is 11.6 Å². The van der Waals surface area contributed by atoms with Crippen molar-refractivity contribution in [2.45, 2.75) is 6.92 Å². The summed E-state index contributed by atoms with van der Waals surface area (Å²) in [6, 6.07) is 11.5. The van der Waals surface area contributed by atoms with E-state index in [1.807, 2.05) is 6.07 Å². The maximum Gasteiger partial charge on any atom is 0.272 e. The van der Waals surface area contributed by atoms with Crippen LogP contribution in [0.15, 0.2) is 48.2 Å². The normalized spacial score (nSPS) is 11.3. The van der Waals surface area contributed by atoms with E-state index in [-0.39, 0.29) is 11.3 Å². The number of aryl methyl sites for hydroxylation is 1. The summed E-state index contributed by atoms with van der Waals surface area (Å²) in [5, 5.41) is 21.6. The monoisotopic (exact) mass is 365 g/mol. The van der Waals surface area contributed by atoms with Crippen LogP contribution < -0.4 is 0 Å². The highest BCUT2D eigenvalue weighted by molar-refractivity contribution is 6.31. The number of ketones is 1. The first kappa shape index (κ1) is 17.4. The number of allylic oxidation sites excluding steroid dienone is 1. The third kappa shape index (κ3) is 3.21. The number of fused-ring (bicyclic) bond motifs is 1. The molecule has 0 atom stereocenters. The van der Waals surface area contributed by atoms with Crippen molar-refractivity contribution in [2.24, 2.45) is 0 Å². The number of benzene rings is 2. The molecule has 0 fully saturated rings. The molecule has 0 amide bonds. The number of nitrogens with zero attached hydrogens (tertiary/aromatic N) is 2. The molecule has 26 heavy (non-hydrogen) atoms. The molecule has 1 aromatic heterocycles. The van der Waals surface area contributed by atoms with Crippen LogP contribution in [0.2, 0.25) is 5.02 Å². The van der Waals surface area contributed by atoms with E-state index in [4.69, 9.17) is 11.6 Å². The summed E-state index contributed by atoms with van der Waals surface area (Å²) in [5.74, 6) is -0.468. The Morgan fingerprint density at radius 2 is 2.08 bits per heavy atom. The molecule has 0 saturated carbocycles. The van der Waals surface area contributed by atoms with Gasteiger partial charge >= 0.3 is 0 Å². The summed E-state index contributed by atoms with van der Waals surface area (Å²) >= 11 is 5.93. The van der Waals surface area contributed by atoms with Gasteiger partial charge in [0, 0.05) is 39.3 Å². The molecule has 0 aliphatic carbocycles. The number of nitro groups is 1. The second kappa shape index (κ2) is 6.82. The molecule has 2 aromatic carbocycles. The van der Waals surface area contributed by atoms with E-state index >= 15 is 0 Å². The van der Waals surface area contributed by atoms with Crippen molar-refractivity contribution in [3.63, 3.8) is 0 Å². The van der Waals surface area contributed by atoms with Gasteiger partial charge in [0.2, 0.25) is 5.78 Å². The lowest BCUT2D eigenvalue weighted by molar-refractivity contribution is -0.385. The lowest BCUT2D eigenvalue weighted by Crippen LogP contribution is -2.01. The van der Waals surface area contributed by atoms with Gasteiger partial charge in [-0.05, 0) is 30.7 Å². The SMILES string of the molecule is Cc1ccc(/C=C(\C#N)C(=O)c2c[nH]c3cc(Cl)ccc23)cc1[N+](=O)[O-]. The fourth-order valence-electron chi connectivity index (χ4n) is 2.66. The number of nitriles is 1. The zero-order valence-corrected chi connectivity index (χ0v) is 14.4. The second-order valence-corrected chi connectivity index (χ2v) is 6.13. The lowest BCUT2D eigenvalue weighted by Gasteiger charge is -2.01. The first-order valence-electron chi connectivity index (χ1n) is 7.59. The first-order valence-corrected chi connectivity index (χ1v) is 7.96. The van der Waals surface area contributed by atoms with Crippen molar-refractivity contribution in [2.75, 3.05) is 0 Å². The number of nitro benzene ring substituents is 1. The van der Waals surface area contributed by atoms with Gasteiger partial charge < -0.3 is 4.98 Å². The molecule has 3 aromatic rings. The van der Waals surface area contributed by atoms with E-state index in [9.17, 15) is 20.2 Å². The average molecular weight is 366 g/mol. The molecule has 0 spiro atoms. The molecule has 1 N–H and O–H groups in total. The van der Waals surface area contributed by atoms with Crippen LogP contribution in [0.25, 0.3) is 17.0 Å². The number of carbonyl (C=O) groups excluding carboxylic acids is 1. The standard InChI is InChI=1S/C19H12ClN3O3/c1-11-2-3-12(7-18(11)23(25)26)6-13(9-21)19(24)16-10-22-17-8-14(20)4-5-15(16)17/h2-8,10,22H,1H3/b13-6+. The summed E-state index contributed by atoms with van der Waals surface area (Å²) in [5.41, 5.74) is 1.76. The molecule has 0 unspecified atom stereocenters. The number of carbonyl (C=O) groups is 1. The van der Waals surface area contributed by atoms with E-state index < -0.39 is 10.7 Å². The summed E-state index contributed by atoms with van der Waals surface area (Å²) < 4.78 is 0. The van der Waals surface area contributed by atoms with Gasteiger partial charge in [-0.15, -0.1) is 0 Å². The minimum atomic E-state index is -0.496. The van der Waals surface area contributed by atoms with Gasteiger partial charge in [0.05, 0.1) is 4.92 Å². The van der Waals surface area contributed by atoms with Crippen LogP contribution in [-0.2, 0) is 0 Å². The van der Waals surface area contributed by atoms with Crippen LogP contribution in [-0.4, -0.2) is 15.7 Å². The molecule has 0 radical (unpaired) electrons. The largest absolute Gasteiger partial charge is 0.360 e. The van der Waals surface area contributed by atoms with Gasteiger partial charge in [-0.3, -0.25) is 14.9 Å². The van der Waals surface area contributed by atoms with Gasteiger partial charge in [0.15, 0.2) is 0 Å². The molecule has 1 heterocycles. The van der Waals surface area contributed by atoms with E-state index in [0.717, 1.165) is 0 Å². The molecule has 6 nitrogen and oxygen atoms in total. The molecule has 0 aliphatic heterocycles. The molecule has 0 bridgehead atoms. The third-order valence-corrected chi connectivity index (χ3v) is 4.23. The Hall–Kier alpha value is -3.43. The number of rotatable bonds is 4. The number of Topliss-reactive ketones (excluding diaryl/α,β-unsaturated/α-hetero) is 1. The maximum atomic E-state index is 12.7. The highest BCUT2D eigenvalue weighted by atomic mass is 35.5. The quantitative estimate of drug-likeness (QED) is 0.235. The number of hydrogen-bond acceptors (Lipinski definition) is 4. The number of nitrogens with one attached hydrogen (secondary N) is 1. The van der Waals surface area contributed by atoms with Crippen molar-refractivity contribution in [3.8, 4) is 6.07 Å². The minimum absolute atomic E-state index is 0.0646. The first-order chi connectivity index (χ1) is 12.4. The number of H-pyrrole nitrogens is 1. The number of aromatic nitrogens is 1. The number of hydrogen-bond donors (Lipinski definition) is 1. The van der Waals surface area contributed by atoms with E-state index in [0.29, 0.717) is 32.6 Å². The zero-order chi connectivity index (χ0) is 18.8. The number of aromatic amines is 1.